The molecule has 0 aliphatic heterocycles. The molecule has 168 valence electrons. The van der Waals surface area contributed by atoms with E-state index in [0.717, 1.165) is 0 Å². The number of anilines is 1. The summed E-state index contributed by atoms with van der Waals surface area (Å²) in [7, 11) is 0.141. The molecule has 1 unspecified atom stereocenters. The lowest BCUT2D eigenvalue weighted by Gasteiger charge is -2.20. The van der Waals surface area contributed by atoms with Crippen LogP contribution in [0.2, 0.25) is 19.6 Å². The Hall–Kier alpha value is -3.39. The molecule has 0 bridgehead atoms. The van der Waals surface area contributed by atoms with Crippen molar-refractivity contribution >= 4 is 30.8 Å². The van der Waals surface area contributed by atoms with Gasteiger partial charge < -0.3 is 19.9 Å². The number of methoxy groups -OCH3 is 1. The first-order valence-electron chi connectivity index (χ1n) is 10.4. The van der Waals surface area contributed by atoms with Crippen LogP contribution in [0.4, 0.5) is 5.69 Å². The van der Waals surface area contributed by atoms with Crippen molar-refractivity contribution in [3.63, 3.8) is 0 Å². The maximum absolute atomic E-state index is 13.2. The third-order valence-electron chi connectivity index (χ3n) is 5.05. The van der Waals surface area contributed by atoms with Gasteiger partial charge in [-0.2, -0.15) is 0 Å². The van der Waals surface area contributed by atoms with E-state index >= 15 is 0 Å². The zero-order chi connectivity index (χ0) is 23.3. The standard InChI is InChI=1S/C24H29N3O4Si/c1-16-14-20(31-27-16)15-22(28)26-23(17-6-10-19(30-2)11-7-17)24(29)25-18-8-12-21(13-9-18)32(3,4)5/h6-14,23H,15H2,1-5H3,(H,25,29)(H,26,28). The topological polar surface area (TPSA) is 93.5 Å². The number of aromatic nitrogens is 1. The van der Waals surface area contributed by atoms with Crippen LogP contribution in [0.5, 0.6) is 5.75 Å². The number of nitrogens with one attached hydrogen (secondary N) is 2. The summed E-state index contributed by atoms with van der Waals surface area (Å²) in [6, 6.07) is 15.7. The summed E-state index contributed by atoms with van der Waals surface area (Å²) < 4.78 is 10.3. The van der Waals surface area contributed by atoms with E-state index in [1.165, 1.54) is 5.19 Å². The van der Waals surface area contributed by atoms with E-state index in [0.29, 0.717) is 28.5 Å². The Kier molecular flexibility index (Phi) is 7.14. The van der Waals surface area contributed by atoms with Crippen molar-refractivity contribution in [2.45, 2.75) is 39.0 Å². The van der Waals surface area contributed by atoms with Crippen LogP contribution in [0.25, 0.3) is 0 Å². The molecule has 1 heterocycles. The molecular formula is C24H29N3O4Si. The highest BCUT2D eigenvalue weighted by Crippen LogP contribution is 2.20. The van der Waals surface area contributed by atoms with Crippen molar-refractivity contribution in [3.05, 3.63) is 71.6 Å². The fraction of sp³-hybridized carbons (Fsp3) is 0.292. The van der Waals surface area contributed by atoms with Crippen LogP contribution in [0.3, 0.4) is 0 Å². The highest BCUT2D eigenvalue weighted by molar-refractivity contribution is 6.88. The number of aryl methyl sites for hydroxylation is 1. The minimum Gasteiger partial charge on any atom is -0.497 e. The normalized spacial score (nSPS) is 12.2. The van der Waals surface area contributed by atoms with Gasteiger partial charge in [-0.15, -0.1) is 0 Å². The Labute approximate surface area is 189 Å². The average Bonchev–Trinajstić information content (AvgIpc) is 3.16. The van der Waals surface area contributed by atoms with Crippen molar-refractivity contribution in [3.8, 4) is 5.75 Å². The summed E-state index contributed by atoms with van der Waals surface area (Å²) in [4.78, 5) is 25.8. The van der Waals surface area contributed by atoms with Crippen LogP contribution < -0.4 is 20.6 Å². The van der Waals surface area contributed by atoms with Crippen LogP contribution in [-0.4, -0.2) is 32.2 Å². The lowest BCUT2D eigenvalue weighted by atomic mass is 10.1. The molecule has 1 aromatic heterocycles. The molecule has 8 heteroatoms. The Morgan fingerprint density at radius 2 is 1.72 bits per heavy atom. The molecule has 3 rings (SSSR count). The number of carbonyl (C=O) groups is 2. The first-order valence-corrected chi connectivity index (χ1v) is 13.9. The van der Waals surface area contributed by atoms with Crippen molar-refractivity contribution in [1.82, 2.24) is 10.5 Å². The maximum Gasteiger partial charge on any atom is 0.251 e. The number of amides is 2. The van der Waals surface area contributed by atoms with Crippen LogP contribution in [0.1, 0.15) is 23.1 Å². The fourth-order valence-corrected chi connectivity index (χ4v) is 4.40. The van der Waals surface area contributed by atoms with E-state index in [1.54, 1.807) is 44.4 Å². The molecule has 7 nitrogen and oxygen atoms in total. The van der Waals surface area contributed by atoms with E-state index in [1.807, 2.05) is 12.1 Å². The van der Waals surface area contributed by atoms with Crippen molar-refractivity contribution in [1.29, 1.82) is 0 Å². The third kappa shape index (κ3) is 6.07. The Morgan fingerprint density at radius 1 is 1.06 bits per heavy atom. The molecule has 3 aromatic rings. The predicted octanol–water partition coefficient (Wildman–Crippen LogP) is 3.58. The Bertz CT molecular complexity index is 1070. The fourth-order valence-electron chi connectivity index (χ4n) is 3.23. The first-order chi connectivity index (χ1) is 15.2. The summed E-state index contributed by atoms with van der Waals surface area (Å²) >= 11 is 0. The lowest BCUT2D eigenvalue weighted by molar-refractivity contribution is -0.126. The number of benzene rings is 2. The molecule has 0 saturated carbocycles. The maximum atomic E-state index is 13.2. The molecule has 0 fully saturated rings. The number of nitrogens with zero attached hydrogens (tertiary/aromatic N) is 1. The zero-order valence-electron chi connectivity index (χ0n) is 19.1. The summed E-state index contributed by atoms with van der Waals surface area (Å²) in [6.45, 7) is 8.59. The SMILES string of the molecule is COc1ccc(C(NC(=O)Cc2cc(C)no2)C(=O)Nc2ccc([Si](C)(C)C)cc2)cc1. The summed E-state index contributed by atoms with van der Waals surface area (Å²) in [5.74, 6) is 0.429. The van der Waals surface area contributed by atoms with Gasteiger partial charge in [0.05, 0.1) is 27.3 Å². The van der Waals surface area contributed by atoms with Crippen molar-refractivity contribution in [2.24, 2.45) is 0 Å². The van der Waals surface area contributed by atoms with Crippen molar-refractivity contribution in [2.75, 3.05) is 12.4 Å². The minimum absolute atomic E-state index is 0.00825. The third-order valence-corrected chi connectivity index (χ3v) is 7.11. The van der Waals surface area contributed by atoms with E-state index in [4.69, 9.17) is 9.26 Å². The van der Waals surface area contributed by atoms with E-state index in [2.05, 4.69) is 47.6 Å². The van der Waals surface area contributed by atoms with Crippen LogP contribution in [-0.2, 0) is 16.0 Å². The zero-order valence-corrected chi connectivity index (χ0v) is 20.1. The Balaban J connectivity index is 1.78. The van der Waals surface area contributed by atoms with Gasteiger partial charge in [0, 0.05) is 11.8 Å². The van der Waals surface area contributed by atoms with Crippen LogP contribution in [0.15, 0.2) is 59.1 Å². The van der Waals surface area contributed by atoms with Crippen molar-refractivity contribution < 1.29 is 18.8 Å². The van der Waals surface area contributed by atoms with Gasteiger partial charge in [0.15, 0.2) is 0 Å². The largest absolute Gasteiger partial charge is 0.497 e. The molecule has 2 amide bonds. The van der Waals surface area contributed by atoms with Gasteiger partial charge in [0.1, 0.15) is 17.6 Å². The number of hydrogen-bond acceptors (Lipinski definition) is 5. The second-order valence-electron chi connectivity index (χ2n) is 8.70. The number of rotatable bonds is 8. The lowest BCUT2D eigenvalue weighted by Crippen LogP contribution is -2.38. The Morgan fingerprint density at radius 3 is 2.25 bits per heavy atom. The molecule has 0 spiro atoms. The highest BCUT2D eigenvalue weighted by atomic mass is 28.3. The smallest absolute Gasteiger partial charge is 0.251 e. The number of hydrogen-bond donors (Lipinski definition) is 2. The molecule has 1 atom stereocenters. The van der Waals surface area contributed by atoms with Gasteiger partial charge in [-0.25, -0.2) is 0 Å². The monoisotopic (exact) mass is 451 g/mol. The minimum atomic E-state index is -1.43. The summed E-state index contributed by atoms with van der Waals surface area (Å²) in [5, 5.41) is 10.8. The van der Waals surface area contributed by atoms with E-state index in [9.17, 15) is 9.59 Å². The molecule has 0 radical (unpaired) electrons. The second-order valence-corrected chi connectivity index (χ2v) is 13.8. The molecule has 32 heavy (non-hydrogen) atoms. The van der Waals surface area contributed by atoms with Crippen LogP contribution >= 0.6 is 0 Å². The number of ether oxygens (including phenoxy) is 1. The molecule has 2 N–H and O–H groups in total. The van der Waals surface area contributed by atoms with Gasteiger partial charge in [0.25, 0.3) is 5.91 Å². The average molecular weight is 452 g/mol. The van der Waals surface area contributed by atoms with E-state index in [-0.39, 0.29) is 18.2 Å². The van der Waals surface area contributed by atoms with Gasteiger partial charge in [-0.1, -0.05) is 54.2 Å². The highest BCUT2D eigenvalue weighted by Gasteiger charge is 2.24. The predicted molar refractivity (Wildman–Crippen MR) is 127 cm³/mol. The number of carbonyl (C=O) groups excluding carboxylic acids is 2. The second kappa shape index (κ2) is 9.82. The molecule has 0 saturated heterocycles. The van der Waals surface area contributed by atoms with Gasteiger partial charge in [-0.3, -0.25) is 9.59 Å². The van der Waals surface area contributed by atoms with Gasteiger partial charge in [-0.05, 0) is 36.8 Å². The van der Waals surface area contributed by atoms with Gasteiger partial charge in [0.2, 0.25) is 5.91 Å². The summed E-state index contributed by atoms with van der Waals surface area (Å²) in [6.07, 6.45) is -0.00825. The first kappa shape index (κ1) is 23.3. The molecule has 2 aromatic carbocycles. The quantitative estimate of drug-likeness (QED) is 0.511. The van der Waals surface area contributed by atoms with Gasteiger partial charge >= 0.3 is 0 Å². The molecule has 0 aliphatic rings. The molecule has 0 aliphatic carbocycles. The summed E-state index contributed by atoms with van der Waals surface area (Å²) in [5.41, 5.74) is 2.01. The van der Waals surface area contributed by atoms with E-state index < -0.39 is 14.1 Å². The van der Waals surface area contributed by atoms with Crippen LogP contribution in [0, 0.1) is 6.92 Å². The molecular weight excluding hydrogens is 422 g/mol.